The van der Waals surface area contributed by atoms with Gasteiger partial charge in [0.25, 0.3) is 0 Å². The zero-order chi connectivity index (χ0) is 9.26. The van der Waals surface area contributed by atoms with Crippen molar-refractivity contribution in [1.29, 1.82) is 0 Å². The van der Waals surface area contributed by atoms with Crippen LogP contribution in [0.1, 0.15) is 19.8 Å². The molecule has 76 valence electrons. The van der Waals surface area contributed by atoms with E-state index >= 15 is 0 Å². The van der Waals surface area contributed by atoms with Crippen LogP contribution >= 0.6 is 0 Å². The van der Waals surface area contributed by atoms with Crippen LogP contribution in [-0.4, -0.2) is 50.0 Å². The number of morpholine rings is 1. The van der Waals surface area contributed by atoms with Crippen LogP contribution in [0.15, 0.2) is 0 Å². The van der Waals surface area contributed by atoms with Crippen LogP contribution in [0.25, 0.3) is 0 Å². The van der Waals surface area contributed by atoms with Crippen molar-refractivity contribution in [3.63, 3.8) is 0 Å². The Kier molecular flexibility index (Phi) is 2.86. The number of rotatable bonds is 2. The van der Waals surface area contributed by atoms with E-state index in [1.807, 2.05) is 0 Å². The van der Waals surface area contributed by atoms with Crippen LogP contribution in [-0.2, 0) is 9.47 Å². The van der Waals surface area contributed by atoms with Gasteiger partial charge in [-0.05, 0) is 26.8 Å². The Morgan fingerprint density at radius 3 is 2.46 bits per heavy atom. The molecule has 2 fully saturated rings. The van der Waals surface area contributed by atoms with Gasteiger partial charge in [0.1, 0.15) is 0 Å². The largest absolute Gasteiger partial charge is 0.378 e. The first kappa shape index (κ1) is 9.44. The topological polar surface area (TPSA) is 21.7 Å². The van der Waals surface area contributed by atoms with Gasteiger partial charge in [0.2, 0.25) is 0 Å². The average molecular weight is 185 g/mol. The monoisotopic (exact) mass is 185 g/mol. The maximum absolute atomic E-state index is 5.69. The standard InChI is InChI=1S/C10H19NO2/c1-3-13-10-4-8-6-12-7-9(5-10)11(8)2/h8-10H,3-7H2,1-2H3. The molecule has 2 atom stereocenters. The van der Waals surface area contributed by atoms with Gasteiger partial charge in [-0.1, -0.05) is 0 Å². The molecule has 0 aromatic rings. The Labute approximate surface area is 80.0 Å². The quantitative estimate of drug-likeness (QED) is 0.637. The van der Waals surface area contributed by atoms with Gasteiger partial charge >= 0.3 is 0 Å². The van der Waals surface area contributed by atoms with Crippen LogP contribution in [0.2, 0.25) is 0 Å². The van der Waals surface area contributed by atoms with Gasteiger partial charge < -0.3 is 9.47 Å². The van der Waals surface area contributed by atoms with E-state index in [-0.39, 0.29) is 0 Å². The molecule has 2 unspecified atom stereocenters. The first-order chi connectivity index (χ1) is 6.31. The number of hydrogen-bond acceptors (Lipinski definition) is 3. The summed E-state index contributed by atoms with van der Waals surface area (Å²) in [6.45, 7) is 4.69. The Hall–Kier alpha value is -0.120. The second-order valence-corrected chi connectivity index (χ2v) is 4.06. The van der Waals surface area contributed by atoms with Crippen molar-refractivity contribution in [3.05, 3.63) is 0 Å². The first-order valence-corrected chi connectivity index (χ1v) is 5.22. The van der Waals surface area contributed by atoms with Crippen molar-refractivity contribution in [2.45, 2.75) is 38.0 Å². The van der Waals surface area contributed by atoms with Crippen molar-refractivity contribution < 1.29 is 9.47 Å². The third kappa shape index (κ3) is 1.87. The summed E-state index contributed by atoms with van der Waals surface area (Å²) < 4.78 is 11.2. The minimum atomic E-state index is 0.472. The summed E-state index contributed by atoms with van der Waals surface area (Å²) in [5.41, 5.74) is 0. The highest BCUT2D eigenvalue weighted by molar-refractivity contribution is 4.90. The first-order valence-electron chi connectivity index (χ1n) is 5.22. The number of likely N-dealkylation sites (N-methyl/N-ethyl adjacent to an activating group) is 1. The zero-order valence-corrected chi connectivity index (χ0v) is 8.53. The summed E-state index contributed by atoms with van der Waals surface area (Å²) in [6.07, 6.45) is 2.75. The predicted octanol–water partition coefficient (Wildman–Crippen LogP) is 0.884. The van der Waals surface area contributed by atoms with Crippen molar-refractivity contribution in [3.8, 4) is 0 Å². The summed E-state index contributed by atoms with van der Waals surface area (Å²) in [7, 11) is 2.21. The van der Waals surface area contributed by atoms with E-state index in [2.05, 4.69) is 18.9 Å². The fourth-order valence-electron chi connectivity index (χ4n) is 2.42. The van der Waals surface area contributed by atoms with Crippen LogP contribution in [0, 0.1) is 0 Å². The maximum Gasteiger partial charge on any atom is 0.0623 e. The Morgan fingerprint density at radius 1 is 1.31 bits per heavy atom. The highest BCUT2D eigenvalue weighted by Gasteiger charge is 2.36. The lowest BCUT2D eigenvalue weighted by molar-refractivity contribution is -0.108. The molecule has 0 amide bonds. The van der Waals surface area contributed by atoms with E-state index in [1.54, 1.807) is 0 Å². The summed E-state index contributed by atoms with van der Waals surface area (Å²) >= 11 is 0. The molecule has 0 aromatic heterocycles. The van der Waals surface area contributed by atoms with E-state index < -0.39 is 0 Å². The minimum Gasteiger partial charge on any atom is -0.378 e. The molecule has 0 saturated carbocycles. The van der Waals surface area contributed by atoms with Gasteiger partial charge in [0, 0.05) is 18.7 Å². The maximum atomic E-state index is 5.69. The second-order valence-electron chi connectivity index (χ2n) is 4.06. The Bertz CT molecular complexity index is 160. The molecule has 0 radical (unpaired) electrons. The molecule has 3 heteroatoms. The molecule has 2 heterocycles. The molecule has 0 aliphatic carbocycles. The number of ether oxygens (including phenoxy) is 2. The van der Waals surface area contributed by atoms with Crippen molar-refractivity contribution >= 4 is 0 Å². The number of hydrogen-bond donors (Lipinski definition) is 0. The predicted molar refractivity (Wildman–Crippen MR) is 50.8 cm³/mol. The van der Waals surface area contributed by atoms with Crippen molar-refractivity contribution in [2.75, 3.05) is 26.9 Å². The lowest BCUT2D eigenvalue weighted by Gasteiger charge is -2.46. The summed E-state index contributed by atoms with van der Waals surface area (Å²) in [5, 5.41) is 0. The molecule has 2 bridgehead atoms. The third-order valence-corrected chi connectivity index (χ3v) is 3.24. The number of fused-ring (bicyclic) bond motifs is 2. The lowest BCUT2D eigenvalue weighted by atomic mass is 9.92. The van der Waals surface area contributed by atoms with E-state index in [0.717, 1.165) is 32.7 Å². The molecule has 13 heavy (non-hydrogen) atoms. The van der Waals surface area contributed by atoms with Gasteiger partial charge in [-0.2, -0.15) is 0 Å². The van der Waals surface area contributed by atoms with Gasteiger partial charge in [0.15, 0.2) is 0 Å². The number of nitrogens with zero attached hydrogens (tertiary/aromatic N) is 1. The van der Waals surface area contributed by atoms with Crippen LogP contribution in [0.4, 0.5) is 0 Å². The van der Waals surface area contributed by atoms with Crippen LogP contribution < -0.4 is 0 Å². The lowest BCUT2D eigenvalue weighted by Crippen LogP contribution is -2.56. The molecule has 0 spiro atoms. The van der Waals surface area contributed by atoms with E-state index in [0.29, 0.717) is 18.2 Å². The molecule has 2 saturated heterocycles. The summed E-state index contributed by atoms with van der Waals surface area (Å²) in [6, 6.07) is 1.17. The second kappa shape index (κ2) is 3.95. The molecule has 2 rings (SSSR count). The zero-order valence-electron chi connectivity index (χ0n) is 8.53. The minimum absolute atomic E-state index is 0.472. The average Bonchev–Trinajstić information content (AvgIpc) is 2.07. The molecular formula is C10H19NO2. The van der Waals surface area contributed by atoms with Gasteiger partial charge in [-0.25, -0.2) is 0 Å². The fourth-order valence-corrected chi connectivity index (χ4v) is 2.42. The molecular weight excluding hydrogens is 166 g/mol. The Morgan fingerprint density at radius 2 is 1.92 bits per heavy atom. The molecule has 0 N–H and O–H groups in total. The Balaban J connectivity index is 1.95. The van der Waals surface area contributed by atoms with Gasteiger partial charge in [-0.3, -0.25) is 4.90 Å². The molecule has 0 aromatic carbocycles. The van der Waals surface area contributed by atoms with Crippen LogP contribution in [0.3, 0.4) is 0 Å². The van der Waals surface area contributed by atoms with Crippen molar-refractivity contribution in [2.24, 2.45) is 0 Å². The summed E-state index contributed by atoms with van der Waals surface area (Å²) in [4.78, 5) is 2.46. The normalized spacial score (nSPS) is 40.6. The van der Waals surface area contributed by atoms with E-state index in [1.165, 1.54) is 0 Å². The van der Waals surface area contributed by atoms with Gasteiger partial charge in [-0.15, -0.1) is 0 Å². The molecule has 3 nitrogen and oxygen atoms in total. The molecule has 2 aliphatic heterocycles. The smallest absolute Gasteiger partial charge is 0.0623 e. The van der Waals surface area contributed by atoms with E-state index in [9.17, 15) is 0 Å². The summed E-state index contributed by atoms with van der Waals surface area (Å²) in [5.74, 6) is 0. The third-order valence-electron chi connectivity index (χ3n) is 3.24. The highest BCUT2D eigenvalue weighted by Crippen LogP contribution is 2.27. The SMILES string of the molecule is CCOC1CC2COCC(C1)N2C. The molecule has 2 aliphatic rings. The van der Waals surface area contributed by atoms with E-state index in [4.69, 9.17) is 9.47 Å². The number of piperidine rings is 1. The van der Waals surface area contributed by atoms with Crippen LogP contribution in [0.5, 0.6) is 0 Å². The van der Waals surface area contributed by atoms with Crippen molar-refractivity contribution in [1.82, 2.24) is 4.90 Å². The van der Waals surface area contributed by atoms with Gasteiger partial charge in [0.05, 0.1) is 19.3 Å². The fraction of sp³-hybridized carbons (Fsp3) is 1.00. The highest BCUT2D eigenvalue weighted by atomic mass is 16.5.